The van der Waals surface area contributed by atoms with Crippen LogP contribution in [0.2, 0.25) is 0 Å². The Labute approximate surface area is 470 Å². The van der Waals surface area contributed by atoms with Gasteiger partial charge in [-0.05, 0) is 89.9 Å². The van der Waals surface area contributed by atoms with Crippen LogP contribution in [0.4, 0.5) is 0 Å². The number of ether oxygens (including phenoxy) is 3. The van der Waals surface area contributed by atoms with E-state index in [0.29, 0.717) is 19.3 Å². The summed E-state index contributed by atoms with van der Waals surface area (Å²) in [6.07, 6.45) is 86.8. The Morgan fingerprint density at radius 3 is 0.882 bits per heavy atom. The lowest BCUT2D eigenvalue weighted by molar-refractivity contribution is -0.166. The molecule has 76 heavy (non-hydrogen) atoms. The zero-order valence-corrected chi connectivity index (χ0v) is 49.7. The fourth-order valence-electron chi connectivity index (χ4n) is 8.84. The lowest BCUT2D eigenvalue weighted by atomic mass is 10.0. The van der Waals surface area contributed by atoms with E-state index in [1.807, 2.05) is 6.08 Å². The number of hydrogen-bond donors (Lipinski definition) is 0. The van der Waals surface area contributed by atoms with E-state index in [1.165, 1.54) is 148 Å². The van der Waals surface area contributed by atoms with Crippen molar-refractivity contribution in [2.24, 2.45) is 0 Å². The monoisotopic (exact) mass is 1050 g/mol. The zero-order chi connectivity index (χ0) is 55.0. The average molecular weight is 1060 g/mol. The van der Waals surface area contributed by atoms with E-state index >= 15 is 0 Å². The Morgan fingerprint density at radius 2 is 0.539 bits per heavy atom. The highest BCUT2D eigenvalue weighted by Crippen LogP contribution is 2.17. The normalized spacial score (nSPS) is 12.8. The molecule has 0 aliphatic rings. The third-order valence-corrected chi connectivity index (χ3v) is 13.5. The van der Waals surface area contributed by atoms with Crippen LogP contribution in [0, 0.1) is 0 Å². The van der Waals surface area contributed by atoms with Gasteiger partial charge in [0.2, 0.25) is 0 Å². The molecular weight excluding hydrogens is 937 g/mol. The number of rotatable bonds is 57. The van der Waals surface area contributed by atoms with Gasteiger partial charge in [0.05, 0.1) is 0 Å². The van der Waals surface area contributed by atoms with Crippen LogP contribution >= 0.6 is 0 Å². The molecule has 1 unspecified atom stereocenters. The second-order valence-corrected chi connectivity index (χ2v) is 20.9. The Morgan fingerprint density at radius 1 is 0.276 bits per heavy atom. The molecule has 0 aromatic carbocycles. The summed E-state index contributed by atoms with van der Waals surface area (Å²) >= 11 is 0. The lowest BCUT2D eigenvalue weighted by Gasteiger charge is -2.18. The van der Waals surface area contributed by atoms with Gasteiger partial charge >= 0.3 is 17.9 Å². The second-order valence-electron chi connectivity index (χ2n) is 20.9. The van der Waals surface area contributed by atoms with Gasteiger partial charge in [0.25, 0.3) is 0 Å². The van der Waals surface area contributed by atoms with Crippen molar-refractivity contribution in [2.75, 3.05) is 13.2 Å². The van der Waals surface area contributed by atoms with Gasteiger partial charge in [-0.3, -0.25) is 14.4 Å². The highest BCUT2D eigenvalue weighted by atomic mass is 16.6. The van der Waals surface area contributed by atoms with Crippen LogP contribution in [0.3, 0.4) is 0 Å². The quantitative estimate of drug-likeness (QED) is 0.0261. The van der Waals surface area contributed by atoms with Crippen molar-refractivity contribution in [2.45, 2.75) is 303 Å². The van der Waals surface area contributed by atoms with E-state index in [4.69, 9.17) is 14.2 Å². The predicted molar refractivity (Wildman–Crippen MR) is 330 cm³/mol. The molecular formula is C70H118O6. The molecule has 0 N–H and O–H groups in total. The standard InChI is InChI=1S/C70H118O6/c1-4-7-10-13-16-19-22-25-27-29-31-33-34-35-36-37-39-40-42-45-48-51-54-57-60-63-69(72)75-66-67(65-74-68(71)62-59-56-53-50-47-44-24-21-18-15-12-9-6-3)76-70(73)64-61-58-55-52-49-46-43-41-38-32-30-28-26-23-20-17-14-11-8-5-2/h7,9-10,12,16,18-19,21,25,27,31,33,35-36,44,47,53,56,67H,4-6,8,11,13-15,17,20,22-24,26,28-30,32,34,37-43,45-46,48-52,54-55,57-66H2,1-3H3/b10-7-,12-9-,19-16-,21-18-,27-25-,33-31-,36-35-,47-44-,56-53-. The first-order valence-electron chi connectivity index (χ1n) is 31.9. The molecule has 0 rings (SSSR count). The van der Waals surface area contributed by atoms with Crippen molar-refractivity contribution in [1.82, 2.24) is 0 Å². The maximum Gasteiger partial charge on any atom is 0.306 e. The Kier molecular flexibility index (Phi) is 60.3. The predicted octanol–water partition coefficient (Wildman–Crippen LogP) is 21.8. The topological polar surface area (TPSA) is 78.9 Å². The van der Waals surface area contributed by atoms with Crippen molar-refractivity contribution in [3.8, 4) is 0 Å². The molecule has 0 saturated heterocycles. The summed E-state index contributed by atoms with van der Waals surface area (Å²) in [7, 11) is 0. The highest BCUT2D eigenvalue weighted by Gasteiger charge is 2.19. The van der Waals surface area contributed by atoms with Crippen LogP contribution in [0.5, 0.6) is 0 Å². The van der Waals surface area contributed by atoms with Crippen LogP contribution in [0.25, 0.3) is 0 Å². The van der Waals surface area contributed by atoms with E-state index < -0.39 is 6.10 Å². The van der Waals surface area contributed by atoms with E-state index in [1.54, 1.807) is 0 Å². The summed E-state index contributed by atoms with van der Waals surface area (Å²) < 4.78 is 16.8. The van der Waals surface area contributed by atoms with Crippen LogP contribution in [0.15, 0.2) is 109 Å². The molecule has 1 atom stereocenters. The maximum absolute atomic E-state index is 12.9. The zero-order valence-electron chi connectivity index (χ0n) is 49.7. The van der Waals surface area contributed by atoms with Crippen LogP contribution in [-0.2, 0) is 28.6 Å². The number of esters is 3. The van der Waals surface area contributed by atoms with Crippen molar-refractivity contribution in [3.63, 3.8) is 0 Å². The van der Waals surface area contributed by atoms with E-state index in [9.17, 15) is 14.4 Å². The molecule has 0 aromatic heterocycles. The first kappa shape index (κ1) is 72.1. The first-order valence-corrected chi connectivity index (χ1v) is 31.9. The van der Waals surface area contributed by atoms with E-state index in [0.717, 1.165) is 103 Å². The van der Waals surface area contributed by atoms with Crippen LogP contribution in [0.1, 0.15) is 297 Å². The second kappa shape index (κ2) is 63.6. The van der Waals surface area contributed by atoms with Crippen molar-refractivity contribution in [3.05, 3.63) is 109 Å². The summed E-state index contributed by atoms with van der Waals surface area (Å²) in [6.45, 7) is 6.37. The molecule has 0 bridgehead atoms. The SMILES string of the molecule is CC/C=C\C/C=C\C/C=C\C/C=C\C/C=C\CCCCCCCCCCCC(=O)OCC(COC(=O)CC/C=C\C/C=C\C/C=C\C/C=C\CC)OC(=O)CCCCCCCCCCCCCCCCCCCCCC. The first-order chi connectivity index (χ1) is 37.5. The minimum atomic E-state index is -0.810. The van der Waals surface area contributed by atoms with Gasteiger partial charge in [-0.25, -0.2) is 0 Å². The number of carbonyl (C=O) groups excluding carboxylic acids is 3. The number of allylic oxidation sites excluding steroid dienone is 18. The van der Waals surface area contributed by atoms with Crippen molar-refractivity contribution >= 4 is 17.9 Å². The molecule has 0 radical (unpaired) electrons. The van der Waals surface area contributed by atoms with E-state index in [2.05, 4.69) is 124 Å². The van der Waals surface area contributed by atoms with Crippen molar-refractivity contribution in [1.29, 1.82) is 0 Å². The fraction of sp³-hybridized carbons (Fsp3) is 0.700. The molecule has 0 spiro atoms. The van der Waals surface area contributed by atoms with Gasteiger partial charge in [-0.2, -0.15) is 0 Å². The third kappa shape index (κ3) is 60.9. The fourth-order valence-corrected chi connectivity index (χ4v) is 8.84. The van der Waals surface area contributed by atoms with Gasteiger partial charge < -0.3 is 14.2 Å². The smallest absolute Gasteiger partial charge is 0.306 e. The lowest BCUT2D eigenvalue weighted by Crippen LogP contribution is -2.30. The summed E-state index contributed by atoms with van der Waals surface area (Å²) in [4.78, 5) is 38.3. The average Bonchev–Trinajstić information content (AvgIpc) is 3.42. The molecule has 0 saturated carbocycles. The largest absolute Gasteiger partial charge is 0.462 e. The number of unbranched alkanes of at least 4 members (excludes halogenated alkanes) is 28. The van der Waals surface area contributed by atoms with Gasteiger partial charge in [-0.1, -0.05) is 297 Å². The maximum atomic E-state index is 12.9. The molecule has 6 heteroatoms. The van der Waals surface area contributed by atoms with Gasteiger partial charge in [0.15, 0.2) is 6.10 Å². The van der Waals surface area contributed by atoms with Crippen LogP contribution < -0.4 is 0 Å². The van der Waals surface area contributed by atoms with Crippen LogP contribution in [-0.4, -0.2) is 37.2 Å². The van der Waals surface area contributed by atoms with Gasteiger partial charge in [0.1, 0.15) is 13.2 Å². The summed E-state index contributed by atoms with van der Waals surface area (Å²) in [6, 6.07) is 0. The summed E-state index contributed by atoms with van der Waals surface area (Å²) in [5, 5.41) is 0. The number of hydrogen-bond acceptors (Lipinski definition) is 6. The minimum absolute atomic E-state index is 0.102. The molecule has 0 heterocycles. The molecule has 0 aromatic rings. The van der Waals surface area contributed by atoms with E-state index in [-0.39, 0.29) is 37.5 Å². The van der Waals surface area contributed by atoms with Gasteiger partial charge in [0, 0.05) is 19.3 Å². The Hall–Kier alpha value is -3.93. The molecule has 6 nitrogen and oxygen atoms in total. The molecule has 0 aliphatic carbocycles. The summed E-state index contributed by atoms with van der Waals surface area (Å²) in [5.41, 5.74) is 0. The Balaban J connectivity index is 4.36. The Bertz CT molecular complexity index is 1540. The molecule has 0 amide bonds. The van der Waals surface area contributed by atoms with Gasteiger partial charge in [-0.15, -0.1) is 0 Å². The molecule has 0 fully saturated rings. The molecule has 0 aliphatic heterocycles. The highest BCUT2D eigenvalue weighted by molar-refractivity contribution is 5.71. The van der Waals surface area contributed by atoms with Crippen molar-refractivity contribution < 1.29 is 28.6 Å². The summed E-state index contributed by atoms with van der Waals surface area (Å²) in [5.74, 6) is -0.983. The number of carbonyl (C=O) groups is 3. The molecule has 434 valence electrons. The third-order valence-electron chi connectivity index (χ3n) is 13.5. The minimum Gasteiger partial charge on any atom is -0.462 e.